The molecule has 2 aliphatic rings. The molecular weight excluding hydrogens is 401 g/mol. The summed E-state index contributed by atoms with van der Waals surface area (Å²) >= 11 is -2.00. The van der Waals surface area contributed by atoms with Gasteiger partial charge in [0.1, 0.15) is 0 Å². The maximum atomic E-state index is 13.0. The Bertz CT molecular complexity index is 601. The third-order valence-corrected chi connectivity index (χ3v) is 12.3. The van der Waals surface area contributed by atoms with E-state index in [1.165, 1.54) is 18.4 Å². The fourth-order valence-electron chi connectivity index (χ4n) is 4.81. The van der Waals surface area contributed by atoms with E-state index in [4.69, 9.17) is 0 Å². The van der Waals surface area contributed by atoms with Crippen molar-refractivity contribution >= 4 is 27.7 Å². The Morgan fingerprint density at radius 3 is 2.29 bits per heavy atom. The first-order valence-electron chi connectivity index (χ1n) is 9.56. The van der Waals surface area contributed by atoms with Gasteiger partial charge in [0.05, 0.1) is 0 Å². The van der Waals surface area contributed by atoms with E-state index in [1.807, 2.05) is 0 Å². The molecule has 0 aliphatic carbocycles. The summed E-state index contributed by atoms with van der Waals surface area (Å²) in [5.41, 5.74) is 1.40. The zero-order valence-corrected chi connectivity index (χ0v) is 19.0. The predicted octanol–water partition coefficient (Wildman–Crippen LogP) is 4.02. The van der Waals surface area contributed by atoms with Crippen molar-refractivity contribution in [2.75, 3.05) is 7.05 Å². The third kappa shape index (κ3) is 3.33. The molecule has 2 nitrogen and oxygen atoms in total. The van der Waals surface area contributed by atoms with Crippen molar-refractivity contribution in [3.05, 3.63) is 29.8 Å². The number of nitrogens with zero attached hydrogens (tertiary/aromatic N) is 1. The van der Waals surface area contributed by atoms with Gasteiger partial charge in [0.25, 0.3) is 0 Å². The molecule has 2 heterocycles. The van der Waals surface area contributed by atoms with Gasteiger partial charge in [-0.3, -0.25) is 0 Å². The maximum absolute atomic E-state index is 13.0. The SMILES string of the molecule is CC(C)C(=O)C1C2CC[C@H](C[C@@H]1c1cc[c]([Sn]([CH3])([CH3])[CH3])cc1)N2C. The first-order valence-corrected chi connectivity index (χ1v) is 19.5. The van der Waals surface area contributed by atoms with E-state index in [2.05, 4.69) is 64.9 Å². The monoisotopic (exact) mass is 435 g/mol. The van der Waals surface area contributed by atoms with Crippen LogP contribution in [-0.2, 0) is 4.79 Å². The number of hydrogen-bond acceptors (Lipinski definition) is 2. The van der Waals surface area contributed by atoms with Crippen LogP contribution in [-0.4, -0.2) is 48.2 Å². The Balaban J connectivity index is 1.94. The molecule has 0 radical (unpaired) electrons. The van der Waals surface area contributed by atoms with Crippen LogP contribution >= 0.6 is 0 Å². The molecule has 0 spiro atoms. The standard InChI is InChI=1S/C18H24NO.3CH3.Sn/c1-12(2)18(20)17-15(13-7-5-4-6-8-13)11-14-9-10-16(17)19(14)3;;;;/h5-8,12,14-17H,9-11H2,1-3H3;3*1H3;/t14-,15-,16?,17?;;;;/m1..../s1. The first-order chi connectivity index (χ1) is 11.2. The van der Waals surface area contributed by atoms with Crippen molar-refractivity contribution in [2.24, 2.45) is 11.8 Å². The van der Waals surface area contributed by atoms with E-state index in [1.54, 1.807) is 3.58 Å². The Labute approximate surface area is 151 Å². The molecule has 3 rings (SSSR count). The van der Waals surface area contributed by atoms with E-state index < -0.39 is 18.4 Å². The normalized spacial score (nSPS) is 30.8. The van der Waals surface area contributed by atoms with Crippen LogP contribution < -0.4 is 3.58 Å². The molecule has 24 heavy (non-hydrogen) atoms. The molecule has 3 heteroatoms. The molecule has 0 N–H and O–H groups in total. The van der Waals surface area contributed by atoms with Gasteiger partial charge in [-0.05, 0) is 0 Å². The summed E-state index contributed by atoms with van der Waals surface area (Å²) in [6.07, 6.45) is 3.60. The number of ketones is 1. The number of fused-ring (bicyclic) bond motifs is 2. The van der Waals surface area contributed by atoms with Crippen LogP contribution in [0.3, 0.4) is 0 Å². The van der Waals surface area contributed by atoms with Crippen LogP contribution in [0.1, 0.15) is 44.6 Å². The molecule has 1 aromatic carbocycles. The molecule has 1 aromatic rings. The van der Waals surface area contributed by atoms with Gasteiger partial charge in [-0.15, -0.1) is 0 Å². The van der Waals surface area contributed by atoms with Crippen molar-refractivity contribution in [1.82, 2.24) is 4.90 Å². The molecule has 132 valence electrons. The minimum atomic E-state index is -2.00. The van der Waals surface area contributed by atoms with E-state index in [9.17, 15) is 4.79 Å². The third-order valence-electron chi connectivity index (χ3n) is 6.37. The van der Waals surface area contributed by atoms with Crippen LogP contribution in [0.15, 0.2) is 24.3 Å². The zero-order chi connectivity index (χ0) is 17.6. The number of carbonyl (C=O) groups is 1. The average molecular weight is 434 g/mol. The predicted molar refractivity (Wildman–Crippen MR) is 105 cm³/mol. The Morgan fingerprint density at radius 1 is 1.12 bits per heavy atom. The van der Waals surface area contributed by atoms with Crippen molar-refractivity contribution in [3.63, 3.8) is 0 Å². The van der Waals surface area contributed by atoms with Crippen LogP contribution in [0.5, 0.6) is 0 Å². The molecule has 4 atom stereocenters. The zero-order valence-electron chi connectivity index (χ0n) is 16.2. The van der Waals surface area contributed by atoms with Crippen LogP contribution in [0.4, 0.5) is 0 Å². The number of piperidine rings is 1. The quantitative estimate of drug-likeness (QED) is 0.668. The molecule has 2 saturated heterocycles. The summed E-state index contributed by atoms with van der Waals surface area (Å²) in [5.74, 6) is 1.19. The summed E-state index contributed by atoms with van der Waals surface area (Å²) in [6, 6.07) is 10.5. The van der Waals surface area contributed by atoms with Crippen LogP contribution in [0, 0.1) is 11.8 Å². The summed E-state index contributed by atoms with van der Waals surface area (Å²) in [4.78, 5) is 22.9. The van der Waals surface area contributed by atoms with Gasteiger partial charge in [0, 0.05) is 0 Å². The topological polar surface area (TPSA) is 20.3 Å². The first kappa shape index (κ1) is 18.4. The molecule has 2 aliphatic heterocycles. The summed E-state index contributed by atoms with van der Waals surface area (Å²) < 4.78 is 1.58. The molecule has 2 unspecified atom stereocenters. The van der Waals surface area contributed by atoms with Crippen LogP contribution in [0.25, 0.3) is 0 Å². The summed E-state index contributed by atoms with van der Waals surface area (Å²) in [5, 5.41) is 0. The number of Topliss-reactive ketones (excluding diaryl/α,β-unsaturated/α-hetero) is 1. The molecule has 0 amide bonds. The van der Waals surface area contributed by atoms with Gasteiger partial charge in [-0.1, -0.05) is 0 Å². The van der Waals surface area contributed by atoms with E-state index >= 15 is 0 Å². The fraction of sp³-hybridized carbons (Fsp3) is 0.667. The molecule has 0 aromatic heterocycles. The van der Waals surface area contributed by atoms with E-state index in [-0.39, 0.29) is 11.8 Å². The molecule has 2 fully saturated rings. The average Bonchev–Trinajstić information content (AvgIpc) is 2.76. The van der Waals surface area contributed by atoms with Crippen molar-refractivity contribution in [2.45, 2.75) is 65.9 Å². The van der Waals surface area contributed by atoms with Gasteiger partial charge in [-0.2, -0.15) is 0 Å². The fourth-order valence-corrected chi connectivity index (χ4v) is 8.14. The van der Waals surface area contributed by atoms with Gasteiger partial charge in [-0.25, -0.2) is 0 Å². The van der Waals surface area contributed by atoms with E-state index in [0.29, 0.717) is 23.8 Å². The molecule has 2 bridgehead atoms. The number of hydrogen-bond donors (Lipinski definition) is 0. The summed E-state index contributed by atoms with van der Waals surface area (Å²) in [6.45, 7) is 4.13. The van der Waals surface area contributed by atoms with Crippen molar-refractivity contribution in [3.8, 4) is 0 Å². The number of benzene rings is 1. The second kappa shape index (κ2) is 6.75. The second-order valence-electron chi connectivity index (χ2n) is 9.26. The molecule has 0 saturated carbocycles. The van der Waals surface area contributed by atoms with Crippen molar-refractivity contribution < 1.29 is 4.79 Å². The Kier molecular flexibility index (Phi) is 5.19. The summed E-state index contributed by atoms with van der Waals surface area (Å²) in [7, 11) is 2.23. The van der Waals surface area contributed by atoms with Gasteiger partial charge >= 0.3 is 152 Å². The van der Waals surface area contributed by atoms with E-state index in [0.717, 1.165) is 6.42 Å². The van der Waals surface area contributed by atoms with Gasteiger partial charge in [0.2, 0.25) is 0 Å². The van der Waals surface area contributed by atoms with Gasteiger partial charge < -0.3 is 0 Å². The second-order valence-corrected chi connectivity index (χ2v) is 23.8. The van der Waals surface area contributed by atoms with Crippen molar-refractivity contribution in [1.29, 1.82) is 0 Å². The Hall–Kier alpha value is -0.351. The number of carbonyl (C=O) groups excluding carboxylic acids is 1. The molecular formula is C21H33NOSn. The van der Waals surface area contributed by atoms with Crippen LogP contribution in [0.2, 0.25) is 14.8 Å². The van der Waals surface area contributed by atoms with Gasteiger partial charge in [0.15, 0.2) is 0 Å². The minimum absolute atomic E-state index is 0.132. The number of rotatable bonds is 4. The Morgan fingerprint density at radius 2 is 1.75 bits per heavy atom.